The summed E-state index contributed by atoms with van der Waals surface area (Å²) in [4.78, 5) is 0. The molecule has 0 amide bonds. The van der Waals surface area contributed by atoms with Crippen molar-refractivity contribution in [1.29, 1.82) is 0 Å². The maximum absolute atomic E-state index is 6.77. The molecule has 19 heavy (non-hydrogen) atoms. The van der Waals surface area contributed by atoms with Crippen molar-refractivity contribution in [3.8, 4) is 0 Å². The number of hydrogen-bond donors (Lipinski definition) is 1. The van der Waals surface area contributed by atoms with Crippen LogP contribution < -0.4 is 5.73 Å². The molecule has 0 bridgehead atoms. The van der Waals surface area contributed by atoms with Crippen LogP contribution in [0.2, 0.25) is 0 Å². The lowest BCUT2D eigenvalue weighted by atomic mass is 9.57. The van der Waals surface area contributed by atoms with Gasteiger partial charge in [0.15, 0.2) is 0 Å². The zero-order chi connectivity index (χ0) is 14.3. The largest absolute Gasteiger partial charge is 0.325 e. The Kier molecular flexibility index (Phi) is 3.88. The van der Waals surface area contributed by atoms with Crippen LogP contribution >= 0.6 is 15.9 Å². The molecule has 1 fully saturated rings. The van der Waals surface area contributed by atoms with Gasteiger partial charge < -0.3 is 5.73 Å². The molecule has 1 aromatic rings. The first-order valence-corrected chi connectivity index (χ1v) is 7.92. The van der Waals surface area contributed by atoms with Gasteiger partial charge >= 0.3 is 0 Å². The van der Waals surface area contributed by atoms with Gasteiger partial charge in [0.25, 0.3) is 0 Å². The minimum absolute atomic E-state index is 0.0704. The highest BCUT2D eigenvalue weighted by atomic mass is 79.9. The minimum atomic E-state index is -0.0704. The number of nitrogens with two attached hydrogens (primary N) is 1. The third kappa shape index (κ3) is 4.06. The second kappa shape index (κ2) is 4.89. The summed E-state index contributed by atoms with van der Waals surface area (Å²) in [6.45, 7) is 9.43. The number of hydrogen-bond acceptors (Lipinski definition) is 1. The summed E-state index contributed by atoms with van der Waals surface area (Å²) in [5, 5.41) is 0. The lowest BCUT2D eigenvalue weighted by Crippen LogP contribution is -2.53. The van der Waals surface area contributed by atoms with Crippen molar-refractivity contribution in [3.63, 3.8) is 0 Å². The molecule has 0 radical (unpaired) electrons. The lowest BCUT2D eigenvalue weighted by molar-refractivity contribution is 0.0487. The third-order valence-corrected chi connectivity index (χ3v) is 4.62. The minimum Gasteiger partial charge on any atom is -0.325 e. The van der Waals surface area contributed by atoms with Gasteiger partial charge in [-0.1, -0.05) is 55.8 Å². The molecule has 1 aliphatic rings. The van der Waals surface area contributed by atoms with Gasteiger partial charge in [0.1, 0.15) is 0 Å². The van der Waals surface area contributed by atoms with Crippen molar-refractivity contribution in [3.05, 3.63) is 34.3 Å². The Morgan fingerprint density at radius 2 is 1.42 bits per heavy atom. The maximum Gasteiger partial charge on any atom is 0.0205 e. The van der Waals surface area contributed by atoms with Crippen molar-refractivity contribution < 1.29 is 0 Å². The van der Waals surface area contributed by atoms with E-state index in [-0.39, 0.29) is 5.54 Å². The number of benzene rings is 1. The number of rotatable bonds is 2. The van der Waals surface area contributed by atoms with Crippen molar-refractivity contribution in [1.82, 2.24) is 0 Å². The van der Waals surface area contributed by atoms with Crippen LogP contribution in [0.5, 0.6) is 0 Å². The summed E-state index contributed by atoms with van der Waals surface area (Å²) in [6.07, 6.45) is 4.46. The van der Waals surface area contributed by atoms with Crippen LogP contribution in [0.3, 0.4) is 0 Å². The summed E-state index contributed by atoms with van der Waals surface area (Å²) in [5.74, 6) is 0. The van der Waals surface area contributed by atoms with Gasteiger partial charge in [-0.25, -0.2) is 0 Å². The topological polar surface area (TPSA) is 26.0 Å². The predicted octanol–water partition coefficient (Wildman–Crippen LogP) is 4.93. The van der Waals surface area contributed by atoms with E-state index in [9.17, 15) is 0 Å². The van der Waals surface area contributed by atoms with E-state index in [1.165, 1.54) is 12.0 Å². The van der Waals surface area contributed by atoms with Crippen LogP contribution in [0.1, 0.15) is 52.5 Å². The van der Waals surface area contributed by atoms with Gasteiger partial charge in [-0.3, -0.25) is 0 Å². The van der Waals surface area contributed by atoms with Crippen LogP contribution in [0, 0.1) is 10.8 Å². The lowest BCUT2D eigenvalue weighted by Gasteiger charge is -2.50. The smallest absolute Gasteiger partial charge is 0.0205 e. The second-order valence-electron chi connectivity index (χ2n) is 8.02. The molecular weight excluding hydrogens is 298 g/mol. The average Bonchev–Trinajstić information content (AvgIpc) is 2.15. The second-order valence-corrected chi connectivity index (χ2v) is 8.94. The fourth-order valence-corrected chi connectivity index (χ4v) is 4.79. The molecule has 1 nitrogen and oxygen atoms in total. The van der Waals surface area contributed by atoms with Gasteiger partial charge in [-0.15, -0.1) is 0 Å². The van der Waals surface area contributed by atoms with Gasteiger partial charge in [0, 0.05) is 10.0 Å². The Bertz CT molecular complexity index is 429. The SMILES string of the molecule is CC1(C)CC(C)(C)CC(N)(Cc2ccc(Br)cc2)C1. The zero-order valence-corrected chi connectivity index (χ0v) is 14.2. The predicted molar refractivity (Wildman–Crippen MR) is 86.2 cm³/mol. The van der Waals surface area contributed by atoms with E-state index in [1.807, 2.05) is 0 Å². The molecule has 2 N–H and O–H groups in total. The highest BCUT2D eigenvalue weighted by Crippen LogP contribution is 2.50. The van der Waals surface area contributed by atoms with E-state index in [1.54, 1.807) is 0 Å². The molecule has 0 saturated heterocycles. The van der Waals surface area contributed by atoms with E-state index in [0.29, 0.717) is 10.8 Å². The molecule has 1 aliphatic carbocycles. The van der Waals surface area contributed by atoms with Crippen LogP contribution in [0.15, 0.2) is 28.7 Å². The molecule has 1 aromatic carbocycles. The first-order valence-electron chi connectivity index (χ1n) is 7.13. The quantitative estimate of drug-likeness (QED) is 0.820. The normalized spacial score (nSPS) is 24.1. The zero-order valence-electron chi connectivity index (χ0n) is 12.6. The molecular formula is C17H26BrN. The van der Waals surface area contributed by atoms with Gasteiger partial charge in [-0.2, -0.15) is 0 Å². The molecule has 106 valence electrons. The van der Waals surface area contributed by atoms with Crippen LogP contribution in [0.25, 0.3) is 0 Å². The molecule has 2 heteroatoms. The third-order valence-electron chi connectivity index (χ3n) is 4.09. The average molecular weight is 324 g/mol. The van der Waals surface area contributed by atoms with Crippen molar-refractivity contribution >= 4 is 15.9 Å². The summed E-state index contributed by atoms with van der Waals surface area (Å²) < 4.78 is 1.13. The van der Waals surface area contributed by atoms with Crippen molar-refractivity contribution in [2.45, 2.75) is 58.9 Å². The van der Waals surface area contributed by atoms with E-state index in [4.69, 9.17) is 5.73 Å². The highest BCUT2D eigenvalue weighted by molar-refractivity contribution is 9.10. The molecule has 0 unspecified atom stereocenters. The first kappa shape index (κ1) is 15.1. The van der Waals surface area contributed by atoms with Gasteiger partial charge in [-0.05, 0) is 54.2 Å². The van der Waals surface area contributed by atoms with Gasteiger partial charge in [0.2, 0.25) is 0 Å². The molecule has 1 saturated carbocycles. The summed E-state index contributed by atoms with van der Waals surface area (Å²) in [6, 6.07) is 8.59. The fraction of sp³-hybridized carbons (Fsp3) is 0.647. The summed E-state index contributed by atoms with van der Waals surface area (Å²) >= 11 is 3.49. The standard InChI is InChI=1S/C17H26BrN/c1-15(2)10-16(3,4)12-17(19,11-15)9-13-5-7-14(18)8-6-13/h5-8H,9-12,19H2,1-4H3. The van der Waals surface area contributed by atoms with E-state index >= 15 is 0 Å². The maximum atomic E-state index is 6.77. The van der Waals surface area contributed by atoms with E-state index < -0.39 is 0 Å². The Morgan fingerprint density at radius 1 is 0.947 bits per heavy atom. The Hall–Kier alpha value is -0.340. The molecule has 2 rings (SSSR count). The summed E-state index contributed by atoms with van der Waals surface area (Å²) in [5.41, 5.74) is 8.72. The molecule has 0 aromatic heterocycles. The van der Waals surface area contributed by atoms with Gasteiger partial charge in [0.05, 0.1) is 0 Å². The van der Waals surface area contributed by atoms with Crippen molar-refractivity contribution in [2.75, 3.05) is 0 Å². The first-order chi connectivity index (χ1) is 8.59. The van der Waals surface area contributed by atoms with E-state index in [0.717, 1.165) is 23.7 Å². The van der Waals surface area contributed by atoms with Crippen LogP contribution in [-0.4, -0.2) is 5.54 Å². The van der Waals surface area contributed by atoms with Crippen LogP contribution in [-0.2, 0) is 6.42 Å². The Balaban J connectivity index is 2.19. The van der Waals surface area contributed by atoms with Crippen molar-refractivity contribution in [2.24, 2.45) is 16.6 Å². The Labute approximate surface area is 126 Å². The molecule has 0 atom stereocenters. The highest BCUT2D eigenvalue weighted by Gasteiger charge is 2.45. The summed E-state index contributed by atoms with van der Waals surface area (Å²) in [7, 11) is 0. The molecule has 0 aliphatic heterocycles. The number of halogens is 1. The fourth-order valence-electron chi connectivity index (χ4n) is 4.52. The van der Waals surface area contributed by atoms with E-state index in [2.05, 4.69) is 67.9 Å². The molecule has 0 spiro atoms. The van der Waals surface area contributed by atoms with Crippen LogP contribution in [0.4, 0.5) is 0 Å². The molecule has 0 heterocycles. The monoisotopic (exact) mass is 323 g/mol. The Morgan fingerprint density at radius 3 is 1.89 bits per heavy atom.